The third-order valence-corrected chi connectivity index (χ3v) is 3.94. The fourth-order valence-electron chi connectivity index (χ4n) is 3.11. The number of hydrogen-bond acceptors (Lipinski definition) is 4. The number of hydrogen-bond donors (Lipinski definition) is 1. The zero-order valence-electron chi connectivity index (χ0n) is 12.2. The maximum absolute atomic E-state index is 12.5. The molecule has 0 bridgehead atoms. The van der Waals surface area contributed by atoms with E-state index >= 15 is 0 Å². The Morgan fingerprint density at radius 2 is 2.00 bits per heavy atom. The van der Waals surface area contributed by atoms with Gasteiger partial charge in [-0.05, 0) is 39.5 Å². The number of morpholine rings is 1. The largest absolute Gasteiger partial charge is 0.381 e. The predicted molar refractivity (Wildman–Crippen MR) is 72.7 cm³/mol. The van der Waals surface area contributed by atoms with Crippen molar-refractivity contribution in [3.05, 3.63) is 0 Å². The van der Waals surface area contributed by atoms with Gasteiger partial charge in [0.15, 0.2) is 0 Å². The first-order valence-corrected chi connectivity index (χ1v) is 7.19. The van der Waals surface area contributed by atoms with Crippen LogP contribution in [0.4, 0.5) is 0 Å². The molecule has 0 aromatic carbocycles. The van der Waals surface area contributed by atoms with Gasteiger partial charge in [0, 0.05) is 26.3 Å². The Kier molecular flexibility index (Phi) is 4.48. The Morgan fingerprint density at radius 1 is 1.37 bits per heavy atom. The van der Waals surface area contributed by atoms with Crippen molar-refractivity contribution in [2.45, 2.75) is 51.4 Å². The standard InChI is InChI=1S/C14H26N2O3/c1-10-8-16(9-14(2,3)19-10)13(17)12(15)11-4-6-18-7-5-11/h10-12H,4-9,15H2,1-3H3. The second-order valence-electron chi connectivity index (χ2n) is 6.38. The monoisotopic (exact) mass is 270 g/mol. The maximum atomic E-state index is 12.5. The van der Waals surface area contributed by atoms with E-state index in [9.17, 15) is 4.79 Å². The van der Waals surface area contributed by atoms with E-state index in [2.05, 4.69) is 0 Å². The number of carbonyl (C=O) groups is 1. The maximum Gasteiger partial charge on any atom is 0.239 e. The van der Waals surface area contributed by atoms with Crippen molar-refractivity contribution < 1.29 is 14.3 Å². The van der Waals surface area contributed by atoms with Gasteiger partial charge in [-0.2, -0.15) is 0 Å². The average Bonchev–Trinajstić information content (AvgIpc) is 2.35. The van der Waals surface area contributed by atoms with Gasteiger partial charge in [-0.3, -0.25) is 4.79 Å². The van der Waals surface area contributed by atoms with Gasteiger partial charge in [-0.25, -0.2) is 0 Å². The summed E-state index contributed by atoms with van der Waals surface area (Å²) in [6.45, 7) is 8.73. The zero-order chi connectivity index (χ0) is 14.0. The van der Waals surface area contributed by atoms with Crippen LogP contribution in [0, 0.1) is 5.92 Å². The molecule has 2 aliphatic heterocycles. The number of nitrogens with zero attached hydrogens (tertiary/aromatic N) is 1. The smallest absolute Gasteiger partial charge is 0.239 e. The highest BCUT2D eigenvalue weighted by Crippen LogP contribution is 2.24. The molecule has 0 aromatic rings. The summed E-state index contributed by atoms with van der Waals surface area (Å²) in [6.07, 6.45) is 1.83. The minimum atomic E-state index is -0.398. The Bertz CT molecular complexity index is 327. The number of ether oxygens (including phenoxy) is 2. The Hall–Kier alpha value is -0.650. The Balaban J connectivity index is 1.97. The van der Waals surface area contributed by atoms with Crippen molar-refractivity contribution in [3.63, 3.8) is 0 Å². The second-order valence-corrected chi connectivity index (χ2v) is 6.38. The van der Waals surface area contributed by atoms with Crippen LogP contribution < -0.4 is 5.73 Å². The van der Waals surface area contributed by atoms with Crippen molar-refractivity contribution in [3.8, 4) is 0 Å². The summed E-state index contributed by atoms with van der Waals surface area (Å²) < 4.78 is 11.1. The number of carbonyl (C=O) groups excluding carboxylic acids is 1. The van der Waals surface area contributed by atoms with Crippen molar-refractivity contribution in [1.29, 1.82) is 0 Å². The first-order chi connectivity index (χ1) is 8.89. The van der Waals surface area contributed by atoms with E-state index in [1.165, 1.54) is 0 Å². The summed E-state index contributed by atoms with van der Waals surface area (Å²) in [4.78, 5) is 14.4. The molecule has 0 aromatic heterocycles. The van der Waals surface area contributed by atoms with E-state index in [1.54, 1.807) is 0 Å². The molecule has 19 heavy (non-hydrogen) atoms. The summed E-state index contributed by atoms with van der Waals surface area (Å²) in [5.41, 5.74) is 5.88. The van der Waals surface area contributed by atoms with Crippen LogP contribution in [0.3, 0.4) is 0 Å². The highest BCUT2D eigenvalue weighted by atomic mass is 16.5. The first-order valence-electron chi connectivity index (χ1n) is 7.19. The molecule has 2 N–H and O–H groups in total. The number of amides is 1. The minimum absolute atomic E-state index is 0.0644. The summed E-state index contributed by atoms with van der Waals surface area (Å²) in [6, 6.07) is -0.398. The van der Waals surface area contributed by atoms with Gasteiger partial charge in [0.05, 0.1) is 17.7 Å². The van der Waals surface area contributed by atoms with Gasteiger partial charge >= 0.3 is 0 Å². The topological polar surface area (TPSA) is 64.8 Å². The molecule has 0 aliphatic carbocycles. The van der Waals surface area contributed by atoms with Gasteiger partial charge in [-0.1, -0.05) is 0 Å². The quantitative estimate of drug-likeness (QED) is 0.805. The normalized spacial score (nSPS) is 30.1. The minimum Gasteiger partial charge on any atom is -0.381 e. The fraction of sp³-hybridized carbons (Fsp3) is 0.929. The molecule has 110 valence electrons. The Morgan fingerprint density at radius 3 is 2.58 bits per heavy atom. The number of nitrogens with two attached hydrogens (primary N) is 1. The van der Waals surface area contributed by atoms with E-state index in [0.29, 0.717) is 13.1 Å². The highest BCUT2D eigenvalue weighted by Gasteiger charge is 2.37. The third-order valence-electron chi connectivity index (χ3n) is 3.94. The zero-order valence-corrected chi connectivity index (χ0v) is 12.2. The van der Waals surface area contributed by atoms with Crippen LogP contribution in [0.25, 0.3) is 0 Å². The molecule has 2 unspecified atom stereocenters. The van der Waals surface area contributed by atoms with Gasteiger partial charge in [0.2, 0.25) is 5.91 Å². The molecule has 2 heterocycles. The molecule has 1 amide bonds. The lowest BCUT2D eigenvalue weighted by molar-refractivity contribution is -0.160. The van der Waals surface area contributed by atoms with Gasteiger partial charge in [0.1, 0.15) is 0 Å². The molecule has 5 nitrogen and oxygen atoms in total. The van der Waals surface area contributed by atoms with Gasteiger partial charge < -0.3 is 20.1 Å². The highest BCUT2D eigenvalue weighted by molar-refractivity contribution is 5.82. The van der Waals surface area contributed by atoms with E-state index in [1.807, 2.05) is 25.7 Å². The van der Waals surface area contributed by atoms with E-state index < -0.39 is 6.04 Å². The van der Waals surface area contributed by atoms with Crippen LogP contribution in [-0.2, 0) is 14.3 Å². The molecule has 2 rings (SSSR count). The second kappa shape index (κ2) is 5.77. The van der Waals surface area contributed by atoms with Gasteiger partial charge in [0.25, 0.3) is 0 Å². The third kappa shape index (κ3) is 3.68. The lowest BCUT2D eigenvalue weighted by Crippen LogP contribution is -2.58. The molecule has 0 spiro atoms. The molecule has 2 saturated heterocycles. The molecule has 2 aliphatic rings. The van der Waals surface area contributed by atoms with Crippen LogP contribution in [0.5, 0.6) is 0 Å². The molecule has 5 heteroatoms. The van der Waals surface area contributed by atoms with Crippen LogP contribution in [0.1, 0.15) is 33.6 Å². The summed E-state index contributed by atoms with van der Waals surface area (Å²) in [7, 11) is 0. The first kappa shape index (κ1) is 14.8. The van der Waals surface area contributed by atoms with Crippen molar-refractivity contribution in [2.24, 2.45) is 11.7 Å². The molecular formula is C14H26N2O3. The van der Waals surface area contributed by atoms with Crippen molar-refractivity contribution in [2.75, 3.05) is 26.3 Å². The summed E-state index contributed by atoms with van der Waals surface area (Å²) >= 11 is 0. The molecule has 2 atom stereocenters. The van der Waals surface area contributed by atoms with Gasteiger partial charge in [-0.15, -0.1) is 0 Å². The average molecular weight is 270 g/mol. The van der Waals surface area contributed by atoms with Crippen LogP contribution in [0.2, 0.25) is 0 Å². The lowest BCUT2D eigenvalue weighted by atomic mass is 9.91. The summed E-state index contributed by atoms with van der Waals surface area (Å²) in [5.74, 6) is 0.317. The lowest BCUT2D eigenvalue weighted by Gasteiger charge is -2.43. The van der Waals surface area contributed by atoms with Crippen LogP contribution >= 0.6 is 0 Å². The van der Waals surface area contributed by atoms with Crippen LogP contribution in [0.15, 0.2) is 0 Å². The molecular weight excluding hydrogens is 244 g/mol. The number of rotatable bonds is 2. The van der Waals surface area contributed by atoms with E-state index in [-0.39, 0.29) is 23.5 Å². The molecule has 0 saturated carbocycles. The predicted octanol–water partition coefficient (Wildman–Crippen LogP) is 0.766. The van der Waals surface area contributed by atoms with Crippen LogP contribution in [-0.4, -0.2) is 54.9 Å². The Labute approximate surface area is 115 Å². The van der Waals surface area contributed by atoms with Crippen molar-refractivity contribution >= 4 is 5.91 Å². The summed E-state index contributed by atoms with van der Waals surface area (Å²) in [5, 5.41) is 0. The van der Waals surface area contributed by atoms with Crippen molar-refractivity contribution in [1.82, 2.24) is 4.90 Å². The van der Waals surface area contributed by atoms with E-state index in [0.717, 1.165) is 26.1 Å². The van der Waals surface area contributed by atoms with E-state index in [4.69, 9.17) is 15.2 Å². The SMILES string of the molecule is CC1CN(C(=O)C(N)C2CCOCC2)CC(C)(C)O1. The molecule has 0 radical (unpaired) electrons. The molecule has 2 fully saturated rings. The fourth-order valence-corrected chi connectivity index (χ4v) is 3.11.